The second-order valence-electron chi connectivity index (χ2n) is 9.04. The van der Waals surface area contributed by atoms with Gasteiger partial charge in [-0.3, -0.25) is 0 Å². The first-order valence-corrected chi connectivity index (χ1v) is 11.3. The number of aliphatic hydroxyl groups excluding tert-OH is 1. The Kier molecular flexibility index (Phi) is 12.2. The summed E-state index contributed by atoms with van der Waals surface area (Å²) in [4.78, 5) is 9.44. The number of benzene rings is 1. The average molecular weight is 464 g/mol. The second kappa shape index (κ2) is 13.8. The number of alkyl halides is 2. The van der Waals surface area contributed by atoms with E-state index in [9.17, 15) is 22.4 Å². The van der Waals surface area contributed by atoms with E-state index in [1.165, 1.54) is 52.5 Å². The molecule has 0 saturated heterocycles. The molecule has 32 heavy (non-hydrogen) atoms. The number of carbonyl (C=O) groups excluding carboxylic acids is 1. The third-order valence-corrected chi connectivity index (χ3v) is 5.10. The Hall–Kier alpha value is -1.67. The summed E-state index contributed by atoms with van der Waals surface area (Å²) in [7, 11) is 0. The summed E-state index contributed by atoms with van der Waals surface area (Å²) in [5, 5.41) is 12.3. The average Bonchev–Trinajstić information content (AvgIpc) is 3.32. The lowest BCUT2D eigenvalue weighted by Gasteiger charge is -2.23. The number of halogens is 4. The summed E-state index contributed by atoms with van der Waals surface area (Å²) in [6.45, 7) is 7.76. The highest BCUT2D eigenvalue weighted by molar-refractivity contribution is 5.72. The molecule has 0 aromatic heterocycles. The summed E-state index contributed by atoms with van der Waals surface area (Å²) in [6.07, 6.45) is 6.90. The summed E-state index contributed by atoms with van der Waals surface area (Å²) < 4.78 is 56.3. The van der Waals surface area contributed by atoms with Crippen LogP contribution in [0.15, 0.2) is 12.1 Å². The van der Waals surface area contributed by atoms with Crippen LogP contribution in [0, 0.1) is 23.5 Å². The first-order chi connectivity index (χ1) is 15.0. The van der Waals surface area contributed by atoms with Crippen LogP contribution in [0.4, 0.5) is 17.6 Å². The number of rotatable bonds is 7. The van der Waals surface area contributed by atoms with Gasteiger partial charge >= 0.3 is 0 Å². The lowest BCUT2D eigenvalue weighted by Crippen LogP contribution is -2.33. The van der Waals surface area contributed by atoms with Gasteiger partial charge in [-0.2, -0.15) is 0 Å². The summed E-state index contributed by atoms with van der Waals surface area (Å²) >= 11 is 0. The van der Waals surface area contributed by atoms with Crippen LogP contribution in [0.25, 0.3) is 0 Å². The number of ketones is 1. The molecule has 0 bridgehead atoms. The van der Waals surface area contributed by atoms with Crippen LogP contribution in [0.3, 0.4) is 0 Å². The number of carbonyl (C=O) groups is 1. The fourth-order valence-electron chi connectivity index (χ4n) is 3.17. The van der Waals surface area contributed by atoms with Crippen LogP contribution < -0.4 is 10.1 Å². The van der Waals surface area contributed by atoms with Gasteiger partial charge in [-0.25, -0.2) is 17.6 Å². The number of hydrogen-bond acceptors (Lipinski definition) is 4. The van der Waals surface area contributed by atoms with Gasteiger partial charge in [0.1, 0.15) is 23.2 Å². The van der Waals surface area contributed by atoms with E-state index in [0.717, 1.165) is 24.1 Å². The standard InChI is InChI=1S/C11H10F4O2.C10H21N.C3H6O/c12-9-1-7(2-10(13)8(9)4-16)17-5-6-3-11(6,14)15;1-9(2)8-11-10-6-4-3-5-7-10;1-3(2)4/h1-2,6,16H,3-5H2;9-11H,3-8H2,1-2H3;1-2H3. The van der Waals surface area contributed by atoms with Crippen molar-refractivity contribution in [3.05, 3.63) is 29.3 Å². The third-order valence-electron chi connectivity index (χ3n) is 5.10. The summed E-state index contributed by atoms with van der Waals surface area (Å²) in [6, 6.07) is 2.58. The molecule has 184 valence electrons. The van der Waals surface area contributed by atoms with E-state index in [1.807, 2.05) is 0 Å². The van der Waals surface area contributed by atoms with Gasteiger partial charge in [-0.15, -0.1) is 0 Å². The smallest absolute Gasteiger partial charge is 0.255 e. The number of hydrogen-bond donors (Lipinski definition) is 2. The van der Waals surface area contributed by atoms with E-state index in [2.05, 4.69) is 19.2 Å². The fraction of sp³-hybridized carbons (Fsp3) is 0.708. The molecule has 2 aliphatic rings. The number of Topliss-reactive ketones (excluding diaryl/α,β-unsaturated/α-hetero) is 1. The van der Waals surface area contributed by atoms with Crippen molar-refractivity contribution >= 4 is 5.78 Å². The molecule has 0 amide bonds. The molecule has 1 aromatic rings. The maximum Gasteiger partial charge on any atom is 0.255 e. The Morgan fingerprint density at radius 2 is 1.66 bits per heavy atom. The third kappa shape index (κ3) is 11.3. The first kappa shape index (κ1) is 28.4. The van der Waals surface area contributed by atoms with E-state index in [0.29, 0.717) is 0 Å². The van der Waals surface area contributed by atoms with Crippen molar-refractivity contribution in [2.45, 2.75) is 84.8 Å². The van der Waals surface area contributed by atoms with Crippen molar-refractivity contribution in [3.8, 4) is 5.75 Å². The molecule has 2 aliphatic carbocycles. The molecular formula is C24H37F4NO3. The van der Waals surface area contributed by atoms with Crippen molar-refractivity contribution in [1.82, 2.24) is 5.32 Å². The van der Waals surface area contributed by atoms with Gasteiger partial charge in [-0.1, -0.05) is 33.1 Å². The monoisotopic (exact) mass is 463 g/mol. The van der Waals surface area contributed by atoms with Crippen LogP contribution in [0.2, 0.25) is 0 Å². The maximum absolute atomic E-state index is 13.2. The second-order valence-corrected chi connectivity index (χ2v) is 9.04. The lowest BCUT2D eigenvalue weighted by molar-refractivity contribution is -0.115. The SMILES string of the molecule is CC(C)=O.CC(C)CNC1CCCCC1.OCc1c(F)cc(OCC2CC2(F)F)cc1F. The summed E-state index contributed by atoms with van der Waals surface area (Å²) in [5.74, 6) is -4.69. The van der Waals surface area contributed by atoms with Crippen LogP contribution in [-0.2, 0) is 11.4 Å². The Balaban J connectivity index is 0.000000293. The van der Waals surface area contributed by atoms with Gasteiger partial charge in [0.25, 0.3) is 5.92 Å². The molecule has 1 aromatic carbocycles. The molecule has 0 spiro atoms. The highest BCUT2D eigenvalue weighted by atomic mass is 19.3. The van der Waals surface area contributed by atoms with Gasteiger partial charge < -0.3 is 20.0 Å². The predicted molar refractivity (Wildman–Crippen MR) is 117 cm³/mol. The lowest BCUT2D eigenvalue weighted by atomic mass is 9.95. The Morgan fingerprint density at radius 1 is 1.16 bits per heavy atom. The topological polar surface area (TPSA) is 58.6 Å². The van der Waals surface area contributed by atoms with Crippen molar-refractivity contribution in [2.75, 3.05) is 13.2 Å². The van der Waals surface area contributed by atoms with Gasteiger partial charge in [0.15, 0.2) is 0 Å². The number of aliphatic hydroxyl groups is 1. The molecule has 4 nitrogen and oxygen atoms in total. The minimum Gasteiger partial charge on any atom is -0.493 e. The minimum atomic E-state index is -2.72. The quantitative estimate of drug-likeness (QED) is 0.513. The number of nitrogens with one attached hydrogen (secondary N) is 1. The van der Waals surface area contributed by atoms with Gasteiger partial charge in [0.05, 0.1) is 19.1 Å². The van der Waals surface area contributed by atoms with E-state index in [-0.39, 0.29) is 24.6 Å². The maximum atomic E-state index is 13.2. The first-order valence-electron chi connectivity index (χ1n) is 11.3. The van der Waals surface area contributed by atoms with Crippen LogP contribution in [0.1, 0.15) is 71.8 Å². The molecule has 3 rings (SSSR count). The van der Waals surface area contributed by atoms with Crippen LogP contribution in [-0.4, -0.2) is 36.0 Å². The van der Waals surface area contributed by atoms with E-state index < -0.39 is 35.6 Å². The van der Waals surface area contributed by atoms with Crippen LogP contribution in [0.5, 0.6) is 5.75 Å². The zero-order valence-electron chi connectivity index (χ0n) is 19.5. The van der Waals surface area contributed by atoms with E-state index in [1.54, 1.807) is 0 Å². The van der Waals surface area contributed by atoms with Crippen LogP contribution >= 0.6 is 0 Å². The van der Waals surface area contributed by atoms with Gasteiger partial charge in [-0.05, 0) is 39.2 Å². The molecular weight excluding hydrogens is 426 g/mol. The number of ether oxygens (including phenoxy) is 1. The van der Waals surface area contributed by atoms with Crippen molar-refractivity contribution in [1.29, 1.82) is 0 Å². The summed E-state index contributed by atoms with van der Waals surface area (Å²) in [5.41, 5.74) is -0.464. The van der Waals surface area contributed by atoms with Crippen molar-refractivity contribution < 1.29 is 32.2 Å². The molecule has 2 fully saturated rings. The van der Waals surface area contributed by atoms with E-state index in [4.69, 9.17) is 9.84 Å². The molecule has 0 heterocycles. The molecule has 1 atom stereocenters. The molecule has 2 N–H and O–H groups in total. The van der Waals surface area contributed by atoms with Gasteiger partial charge in [0.2, 0.25) is 0 Å². The van der Waals surface area contributed by atoms with E-state index >= 15 is 0 Å². The Morgan fingerprint density at radius 3 is 2.06 bits per heavy atom. The fourth-order valence-corrected chi connectivity index (χ4v) is 3.17. The zero-order valence-corrected chi connectivity index (χ0v) is 19.5. The normalized spacial score (nSPS) is 19.4. The Bertz CT molecular complexity index is 679. The molecule has 1 unspecified atom stereocenters. The highest BCUT2D eigenvalue weighted by Crippen LogP contribution is 2.48. The minimum absolute atomic E-state index is 0.153. The molecule has 0 radical (unpaired) electrons. The van der Waals surface area contributed by atoms with Crippen molar-refractivity contribution in [2.24, 2.45) is 11.8 Å². The molecule has 2 saturated carbocycles. The molecule has 8 heteroatoms. The van der Waals surface area contributed by atoms with Gasteiger partial charge in [0, 0.05) is 30.2 Å². The van der Waals surface area contributed by atoms with Crippen molar-refractivity contribution in [3.63, 3.8) is 0 Å². The largest absolute Gasteiger partial charge is 0.493 e. The highest BCUT2D eigenvalue weighted by Gasteiger charge is 2.57. The zero-order chi connectivity index (χ0) is 24.3. The Labute approximate surface area is 188 Å². The molecule has 0 aliphatic heterocycles. The predicted octanol–water partition coefficient (Wildman–Crippen LogP) is 5.65.